The van der Waals surface area contributed by atoms with Crippen LogP contribution in [0.15, 0.2) is 0 Å². The number of Topliss-reactive ketones (excluding diaryl/α,β-unsaturated/α-hetero) is 1. The Kier molecular flexibility index (Phi) is 2.89. The fourth-order valence-electron chi connectivity index (χ4n) is 0.728. The van der Waals surface area contributed by atoms with Gasteiger partial charge < -0.3 is 4.74 Å². The molecule has 1 atom stereocenters. The summed E-state index contributed by atoms with van der Waals surface area (Å²) in [5, 5.41) is -0.244. The minimum absolute atomic E-state index is 0.244. The van der Waals surface area contributed by atoms with Crippen LogP contribution in [-0.2, 0) is 14.3 Å². The first-order valence-corrected chi connectivity index (χ1v) is 4.08. The van der Waals surface area contributed by atoms with E-state index >= 15 is 0 Å². The number of thioether (sulfide) groups is 1. The summed E-state index contributed by atoms with van der Waals surface area (Å²) in [5.41, 5.74) is 0. The number of carbonyl (C=O) groups excluding carboxylic acids is 2. The van der Waals surface area contributed by atoms with Crippen LogP contribution < -0.4 is 0 Å². The molecule has 1 rings (SSSR count). The molecule has 0 aromatic heterocycles. The molecule has 0 saturated carbocycles. The second-order valence-electron chi connectivity index (χ2n) is 1.95. The SMILES string of the molecule is O=CC(=O)C1COCCS1. The van der Waals surface area contributed by atoms with Crippen molar-refractivity contribution in [1.82, 2.24) is 0 Å². The number of ketones is 1. The van der Waals surface area contributed by atoms with E-state index in [0.717, 1.165) is 5.75 Å². The van der Waals surface area contributed by atoms with E-state index in [1.165, 1.54) is 11.8 Å². The predicted octanol–water partition coefficient (Wildman–Crippen LogP) is -0.114. The molecule has 1 heterocycles. The molecule has 56 valence electrons. The van der Waals surface area contributed by atoms with Gasteiger partial charge in [0.2, 0.25) is 5.78 Å². The topological polar surface area (TPSA) is 43.4 Å². The summed E-state index contributed by atoms with van der Waals surface area (Å²) in [6.45, 7) is 1.08. The summed E-state index contributed by atoms with van der Waals surface area (Å²) in [7, 11) is 0. The first-order valence-electron chi connectivity index (χ1n) is 3.03. The van der Waals surface area contributed by atoms with Crippen molar-refractivity contribution in [3.63, 3.8) is 0 Å². The molecule has 1 aliphatic rings. The molecular formula is C6H8O3S. The Bertz CT molecular complexity index is 140. The molecule has 1 unspecified atom stereocenters. The third-order valence-electron chi connectivity index (χ3n) is 1.25. The van der Waals surface area contributed by atoms with Gasteiger partial charge in [0.1, 0.15) is 0 Å². The summed E-state index contributed by atoms with van der Waals surface area (Å²) in [6, 6.07) is 0. The molecule has 0 spiro atoms. The zero-order chi connectivity index (χ0) is 7.40. The number of hydrogen-bond donors (Lipinski definition) is 0. The van der Waals surface area contributed by atoms with Crippen molar-refractivity contribution in [2.45, 2.75) is 5.25 Å². The second kappa shape index (κ2) is 3.73. The molecule has 0 aliphatic carbocycles. The lowest BCUT2D eigenvalue weighted by molar-refractivity contribution is -0.130. The largest absolute Gasteiger partial charge is 0.379 e. The van der Waals surface area contributed by atoms with Gasteiger partial charge in [-0.25, -0.2) is 0 Å². The summed E-state index contributed by atoms with van der Waals surface area (Å²) in [4.78, 5) is 20.7. The fraction of sp³-hybridized carbons (Fsp3) is 0.667. The zero-order valence-corrected chi connectivity index (χ0v) is 6.23. The van der Waals surface area contributed by atoms with E-state index < -0.39 is 0 Å². The molecule has 0 amide bonds. The van der Waals surface area contributed by atoms with Crippen LogP contribution in [0.1, 0.15) is 0 Å². The molecule has 1 aliphatic heterocycles. The number of aldehydes is 1. The fourth-order valence-corrected chi connectivity index (χ4v) is 1.64. The number of carbonyl (C=O) groups is 2. The Balaban J connectivity index is 2.38. The van der Waals surface area contributed by atoms with Gasteiger partial charge in [0.15, 0.2) is 6.29 Å². The highest BCUT2D eigenvalue weighted by Crippen LogP contribution is 2.15. The normalized spacial score (nSPS) is 25.8. The van der Waals surface area contributed by atoms with Crippen molar-refractivity contribution < 1.29 is 14.3 Å². The van der Waals surface area contributed by atoms with Crippen LogP contribution in [0.2, 0.25) is 0 Å². The summed E-state index contributed by atoms with van der Waals surface area (Å²) in [5.74, 6) is 0.453. The number of ether oxygens (including phenoxy) is 1. The molecular weight excluding hydrogens is 152 g/mol. The quantitative estimate of drug-likeness (QED) is 0.417. The van der Waals surface area contributed by atoms with Crippen molar-refractivity contribution in [3.8, 4) is 0 Å². The molecule has 1 fully saturated rings. The maximum atomic E-state index is 10.7. The van der Waals surface area contributed by atoms with Crippen LogP contribution in [0, 0.1) is 0 Å². The lowest BCUT2D eigenvalue weighted by atomic mass is 10.3. The number of rotatable bonds is 2. The monoisotopic (exact) mass is 160 g/mol. The molecule has 0 radical (unpaired) electrons. The van der Waals surface area contributed by atoms with Gasteiger partial charge in [-0.05, 0) is 0 Å². The summed E-state index contributed by atoms with van der Waals surface area (Å²) >= 11 is 1.49. The van der Waals surface area contributed by atoms with Crippen LogP contribution in [0.5, 0.6) is 0 Å². The van der Waals surface area contributed by atoms with Crippen molar-refractivity contribution in [1.29, 1.82) is 0 Å². The van der Waals surface area contributed by atoms with Gasteiger partial charge >= 0.3 is 0 Å². The van der Waals surface area contributed by atoms with Crippen molar-refractivity contribution in [2.24, 2.45) is 0 Å². The van der Waals surface area contributed by atoms with Gasteiger partial charge in [-0.1, -0.05) is 0 Å². The van der Waals surface area contributed by atoms with E-state index in [1.807, 2.05) is 0 Å². The predicted molar refractivity (Wildman–Crippen MR) is 38.1 cm³/mol. The first-order chi connectivity index (χ1) is 4.84. The van der Waals surface area contributed by atoms with Crippen LogP contribution >= 0.6 is 11.8 Å². The molecule has 0 bridgehead atoms. The van der Waals surface area contributed by atoms with E-state index in [1.54, 1.807) is 0 Å². The minimum atomic E-state index is -0.357. The Hall–Kier alpha value is -0.350. The standard InChI is InChI=1S/C6H8O3S/c7-3-5(8)6-4-9-1-2-10-6/h3,6H,1-2,4H2. The molecule has 4 heteroatoms. The summed E-state index contributed by atoms with van der Waals surface area (Å²) < 4.78 is 5.00. The third-order valence-corrected chi connectivity index (χ3v) is 2.42. The van der Waals surface area contributed by atoms with Crippen molar-refractivity contribution in [2.75, 3.05) is 19.0 Å². The van der Waals surface area contributed by atoms with Gasteiger partial charge in [0, 0.05) is 5.75 Å². The molecule has 3 nitrogen and oxygen atoms in total. The van der Waals surface area contributed by atoms with Gasteiger partial charge in [-0.2, -0.15) is 0 Å². The van der Waals surface area contributed by atoms with Gasteiger partial charge in [-0.3, -0.25) is 9.59 Å². The molecule has 1 saturated heterocycles. The van der Waals surface area contributed by atoms with Gasteiger partial charge in [-0.15, -0.1) is 11.8 Å². The van der Waals surface area contributed by atoms with E-state index in [2.05, 4.69) is 0 Å². The van der Waals surface area contributed by atoms with Gasteiger partial charge in [0.05, 0.1) is 18.5 Å². The average Bonchev–Trinajstić information content (AvgIpc) is 2.05. The smallest absolute Gasteiger partial charge is 0.210 e. The third kappa shape index (κ3) is 1.82. The lowest BCUT2D eigenvalue weighted by Gasteiger charge is -2.17. The van der Waals surface area contributed by atoms with E-state index in [-0.39, 0.29) is 11.0 Å². The van der Waals surface area contributed by atoms with E-state index in [4.69, 9.17) is 4.74 Å². The average molecular weight is 160 g/mol. The van der Waals surface area contributed by atoms with Crippen LogP contribution in [0.25, 0.3) is 0 Å². The van der Waals surface area contributed by atoms with Crippen LogP contribution in [-0.4, -0.2) is 36.3 Å². The lowest BCUT2D eigenvalue weighted by Crippen LogP contribution is -2.29. The van der Waals surface area contributed by atoms with Crippen LogP contribution in [0.4, 0.5) is 0 Å². The van der Waals surface area contributed by atoms with E-state index in [9.17, 15) is 9.59 Å². The Morgan fingerprint density at radius 1 is 1.70 bits per heavy atom. The Morgan fingerprint density at radius 2 is 2.50 bits per heavy atom. The van der Waals surface area contributed by atoms with E-state index in [0.29, 0.717) is 19.5 Å². The zero-order valence-electron chi connectivity index (χ0n) is 5.41. The first kappa shape index (κ1) is 7.75. The van der Waals surface area contributed by atoms with Crippen molar-refractivity contribution in [3.05, 3.63) is 0 Å². The number of hydrogen-bond acceptors (Lipinski definition) is 4. The van der Waals surface area contributed by atoms with Gasteiger partial charge in [0.25, 0.3) is 0 Å². The maximum absolute atomic E-state index is 10.7. The molecule has 10 heavy (non-hydrogen) atoms. The highest BCUT2D eigenvalue weighted by atomic mass is 32.2. The van der Waals surface area contributed by atoms with Crippen molar-refractivity contribution >= 4 is 23.8 Å². The molecule has 0 N–H and O–H groups in total. The highest BCUT2D eigenvalue weighted by Gasteiger charge is 2.21. The minimum Gasteiger partial charge on any atom is -0.379 e. The van der Waals surface area contributed by atoms with Crippen LogP contribution in [0.3, 0.4) is 0 Å². The second-order valence-corrected chi connectivity index (χ2v) is 3.27. The Morgan fingerprint density at radius 3 is 3.00 bits per heavy atom. The molecule has 0 aromatic carbocycles. The molecule has 0 aromatic rings. The maximum Gasteiger partial charge on any atom is 0.210 e. The Labute approximate surface area is 63.1 Å². The summed E-state index contributed by atoms with van der Waals surface area (Å²) in [6.07, 6.45) is 0.367. The highest BCUT2D eigenvalue weighted by molar-refractivity contribution is 8.00.